The van der Waals surface area contributed by atoms with E-state index in [2.05, 4.69) is 11.1 Å². The first kappa shape index (κ1) is 16.7. The van der Waals surface area contributed by atoms with E-state index in [1.165, 1.54) is 12.1 Å². The van der Waals surface area contributed by atoms with Crippen molar-refractivity contribution < 1.29 is 14.3 Å². The number of aromatic nitrogens is 1. The first-order valence-electron chi connectivity index (χ1n) is 7.98. The zero-order chi connectivity index (χ0) is 17.8. The minimum absolute atomic E-state index is 0.0539. The van der Waals surface area contributed by atoms with Crippen LogP contribution < -0.4 is 4.90 Å². The van der Waals surface area contributed by atoms with Gasteiger partial charge in [0.25, 0.3) is 5.91 Å². The summed E-state index contributed by atoms with van der Waals surface area (Å²) in [6.45, 7) is 2.07. The third kappa shape index (κ3) is 3.53. The number of nitriles is 1. The van der Waals surface area contributed by atoms with Crippen LogP contribution in [0.2, 0.25) is 0 Å². The van der Waals surface area contributed by atoms with E-state index in [4.69, 9.17) is 0 Å². The summed E-state index contributed by atoms with van der Waals surface area (Å²) in [6, 6.07) is 9.08. The maximum atomic E-state index is 13.9. The molecule has 0 radical (unpaired) electrons. The van der Waals surface area contributed by atoms with E-state index in [1.54, 1.807) is 23.2 Å². The van der Waals surface area contributed by atoms with E-state index >= 15 is 0 Å². The van der Waals surface area contributed by atoms with Gasteiger partial charge in [-0.3, -0.25) is 4.79 Å². The summed E-state index contributed by atoms with van der Waals surface area (Å²) < 4.78 is 13.9. The minimum Gasteiger partial charge on any atom is -0.508 e. The molecule has 128 valence electrons. The second kappa shape index (κ2) is 7.18. The average molecular weight is 340 g/mol. The fraction of sp³-hybridized carbons (Fsp3) is 0.278. The van der Waals surface area contributed by atoms with E-state index in [0.717, 1.165) is 6.07 Å². The number of carbonyl (C=O) groups is 1. The summed E-state index contributed by atoms with van der Waals surface area (Å²) in [6.07, 6.45) is 2.32. The SMILES string of the molecule is N#Cc1cccnc1N1CCCN(C(=O)c2ccc(O)cc2F)CC1. The molecule has 0 saturated carbocycles. The molecule has 0 bridgehead atoms. The Bertz CT molecular complexity index is 834. The van der Waals surface area contributed by atoms with Gasteiger partial charge in [0.1, 0.15) is 23.5 Å². The van der Waals surface area contributed by atoms with Crippen LogP contribution in [0.5, 0.6) is 5.75 Å². The smallest absolute Gasteiger partial charge is 0.256 e. The molecular formula is C18H17FN4O2. The quantitative estimate of drug-likeness (QED) is 0.906. The van der Waals surface area contributed by atoms with Crippen LogP contribution in [0.4, 0.5) is 10.2 Å². The van der Waals surface area contributed by atoms with Gasteiger partial charge in [0, 0.05) is 38.4 Å². The number of amides is 1. The molecule has 2 aromatic rings. The number of hydrogen-bond donors (Lipinski definition) is 1. The first-order valence-corrected chi connectivity index (χ1v) is 7.98. The highest BCUT2D eigenvalue weighted by molar-refractivity contribution is 5.94. The van der Waals surface area contributed by atoms with Crippen LogP contribution in [-0.4, -0.2) is 47.1 Å². The number of anilines is 1. The monoisotopic (exact) mass is 340 g/mol. The van der Waals surface area contributed by atoms with E-state index in [-0.39, 0.29) is 11.3 Å². The largest absolute Gasteiger partial charge is 0.508 e. The van der Waals surface area contributed by atoms with Crippen LogP contribution >= 0.6 is 0 Å². The molecule has 1 aliphatic rings. The van der Waals surface area contributed by atoms with Gasteiger partial charge in [-0.2, -0.15) is 5.26 Å². The molecule has 1 saturated heterocycles. The third-order valence-electron chi connectivity index (χ3n) is 4.17. The second-order valence-electron chi connectivity index (χ2n) is 5.78. The Morgan fingerprint density at radius 1 is 1.24 bits per heavy atom. The molecule has 7 heteroatoms. The van der Waals surface area contributed by atoms with E-state index in [0.29, 0.717) is 44.0 Å². The Morgan fingerprint density at radius 2 is 2.08 bits per heavy atom. The second-order valence-corrected chi connectivity index (χ2v) is 5.78. The lowest BCUT2D eigenvalue weighted by Crippen LogP contribution is -2.36. The molecule has 1 N–H and O–H groups in total. The molecule has 0 spiro atoms. The van der Waals surface area contributed by atoms with E-state index in [9.17, 15) is 19.6 Å². The summed E-state index contributed by atoms with van der Waals surface area (Å²) >= 11 is 0. The number of pyridine rings is 1. The fourth-order valence-electron chi connectivity index (χ4n) is 2.92. The molecule has 0 aliphatic carbocycles. The summed E-state index contributed by atoms with van der Waals surface area (Å²) in [5, 5.41) is 18.5. The maximum Gasteiger partial charge on any atom is 0.256 e. The van der Waals surface area contributed by atoms with Gasteiger partial charge in [-0.15, -0.1) is 0 Å². The van der Waals surface area contributed by atoms with Crippen LogP contribution in [0, 0.1) is 17.1 Å². The summed E-state index contributed by atoms with van der Waals surface area (Å²) in [4.78, 5) is 20.4. The topological polar surface area (TPSA) is 80.5 Å². The number of rotatable bonds is 2. The third-order valence-corrected chi connectivity index (χ3v) is 4.17. The van der Waals surface area contributed by atoms with Gasteiger partial charge in [0.05, 0.1) is 11.1 Å². The Kier molecular flexibility index (Phi) is 4.80. The lowest BCUT2D eigenvalue weighted by molar-refractivity contribution is 0.0762. The van der Waals surface area contributed by atoms with Crippen molar-refractivity contribution in [3.63, 3.8) is 0 Å². The highest BCUT2D eigenvalue weighted by atomic mass is 19.1. The molecule has 1 aromatic heterocycles. The first-order chi connectivity index (χ1) is 12.1. The molecule has 6 nitrogen and oxygen atoms in total. The molecule has 3 rings (SSSR count). The van der Waals surface area contributed by atoms with Crippen molar-refractivity contribution >= 4 is 11.7 Å². The minimum atomic E-state index is -0.734. The molecule has 0 atom stereocenters. The zero-order valence-corrected chi connectivity index (χ0v) is 13.5. The number of aromatic hydroxyl groups is 1. The van der Waals surface area contributed by atoms with Gasteiger partial charge in [0.2, 0.25) is 0 Å². The Labute approximate surface area is 144 Å². The highest BCUT2D eigenvalue weighted by Crippen LogP contribution is 2.20. The van der Waals surface area contributed by atoms with Gasteiger partial charge in [-0.25, -0.2) is 9.37 Å². The molecule has 2 heterocycles. The summed E-state index contributed by atoms with van der Waals surface area (Å²) in [5.74, 6) is -0.742. The van der Waals surface area contributed by atoms with Gasteiger partial charge in [-0.05, 0) is 30.7 Å². The van der Waals surface area contributed by atoms with Crippen molar-refractivity contribution in [1.82, 2.24) is 9.88 Å². The summed E-state index contributed by atoms with van der Waals surface area (Å²) in [7, 11) is 0. The Balaban J connectivity index is 1.75. The lowest BCUT2D eigenvalue weighted by atomic mass is 10.1. The number of phenols is 1. The average Bonchev–Trinajstić information content (AvgIpc) is 2.87. The summed E-state index contributed by atoms with van der Waals surface area (Å²) in [5.41, 5.74) is 0.439. The number of nitrogens with zero attached hydrogens (tertiary/aromatic N) is 4. The number of hydrogen-bond acceptors (Lipinski definition) is 5. The normalized spacial score (nSPS) is 14.7. The van der Waals surface area contributed by atoms with Gasteiger partial charge < -0.3 is 14.9 Å². The number of phenolic OH excluding ortho intramolecular Hbond substituents is 1. The molecular weight excluding hydrogens is 323 g/mol. The predicted molar refractivity (Wildman–Crippen MR) is 89.8 cm³/mol. The van der Waals surface area contributed by atoms with Crippen molar-refractivity contribution in [2.75, 3.05) is 31.1 Å². The van der Waals surface area contributed by atoms with Crippen LogP contribution in [0.15, 0.2) is 36.5 Å². The predicted octanol–water partition coefficient (Wildman–Crippen LogP) is 2.15. The molecule has 0 unspecified atom stereocenters. The van der Waals surface area contributed by atoms with E-state index < -0.39 is 11.7 Å². The van der Waals surface area contributed by atoms with Crippen molar-refractivity contribution in [3.8, 4) is 11.8 Å². The molecule has 1 aliphatic heterocycles. The molecule has 25 heavy (non-hydrogen) atoms. The van der Waals surface area contributed by atoms with Gasteiger partial charge >= 0.3 is 0 Å². The highest BCUT2D eigenvalue weighted by Gasteiger charge is 2.24. The Hall–Kier alpha value is -3.14. The van der Waals surface area contributed by atoms with Crippen molar-refractivity contribution in [2.24, 2.45) is 0 Å². The van der Waals surface area contributed by atoms with E-state index in [1.807, 2.05) is 4.90 Å². The van der Waals surface area contributed by atoms with Crippen LogP contribution in [0.1, 0.15) is 22.3 Å². The fourth-order valence-corrected chi connectivity index (χ4v) is 2.92. The standard InChI is InChI=1S/C18H17FN4O2/c19-16-11-14(24)4-5-15(16)18(25)23-8-2-7-22(9-10-23)17-13(12-20)3-1-6-21-17/h1,3-6,11,24H,2,7-10H2. The van der Waals surface area contributed by atoms with Gasteiger partial charge in [-0.1, -0.05) is 0 Å². The van der Waals surface area contributed by atoms with Crippen molar-refractivity contribution in [3.05, 3.63) is 53.5 Å². The molecule has 1 aromatic carbocycles. The van der Waals surface area contributed by atoms with Crippen molar-refractivity contribution in [1.29, 1.82) is 5.26 Å². The molecule has 1 amide bonds. The zero-order valence-electron chi connectivity index (χ0n) is 13.5. The van der Waals surface area contributed by atoms with Crippen LogP contribution in [-0.2, 0) is 0 Å². The Morgan fingerprint density at radius 3 is 2.84 bits per heavy atom. The maximum absolute atomic E-state index is 13.9. The number of benzene rings is 1. The lowest BCUT2D eigenvalue weighted by Gasteiger charge is -2.23. The van der Waals surface area contributed by atoms with Crippen LogP contribution in [0.3, 0.4) is 0 Å². The number of carbonyl (C=O) groups excluding carboxylic acids is 1. The van der Waals surface area contributed by atoms with Crippen LogP contribution in [0.25, 0.3) is 0 Å². The molecule has 1 fully saturated rings. The number of halogens is 1. The van der Waals surface area contributed by atoms with Gasteiger partial charge in [0.15, 0.2) is 0 Å². The van der Waals surface area contributed by atoms with Crippen molar-refractivity contribution in [2.45, 2.75) is 6.42 Å².